The molecule has 1 aromatic rings. The molecule has 6 nitrogen and oxygen atoms in total. The molecule has 2 rings (SSSR count). The van der Waals surface area contributed by atoms with Crippen LogP contribution < -0.4 is 5.32 Å². The van der Waals surface area contributed by atoms with Gasteiger partial charge in [-0.15, -0.1) is 0 Å². The Morgan fingerprint density at radius 1 is 1.72 bits per heavy atom. The van der Waals surface area contributed by atoms with Crippen LogP contribution in [0.25, 0.3) is 0 Å². The zero-order chi connectivity index (χ0) is 12.8. The summed E-state index contributed by atoms with van der Waals surface area (Å²) in [6.07, 6.45) is 2.04. The SMILES string of the molecule is CCOC(=O)Nc1nc(SCC2CCCO2)ns1. The van der Waals surface area contributed by atoms with Gasteiger partial charge in [0.25, 0.3) is 0 Å². The van der Waals surface area contributed by atoms with Crippen LogP contribution in [0.15, 0.2) is 5.16 Å². The predicted octanol–water partition coefficient (Wildman–Crippen LogP) is 2.38. The molecule has 1 aliphatic heterocycles. The first-order chi connectivity index (χ1) is 8.78. The molecule has 1 amide bonds. The average molecular weight is 289 g/mol. The van der Waals surface area contributed by atoms with Gasteiger partial charge < -0.3 is 9.47 Å². The molecule has 8 heteroatoms. The Morgan fingerprint density at radius 2 is 2.61 bits per heavy atom. The zero-order valence-electron chi connectivity index (χ0n) is 10.0. The van der Waals surface area contributed by atoms with Crippen molar-refractivity contribution >= 4 is 34.5 Å². The van der Waals surface area contributed by atoms with Gasteiger partial charge >= 0.3 is 6.09 Å². The third kappa shape index (κ3) is 4.11. The number of aromatic nitrogens is 2. The minimum atomic E-state index is -0.496. The van der Waals surface area contributed by atoms with Crippen LogP contribution >= 0.6 is 23.3 Å². The van der Waals surface area contributed by atoms with Gasteiger partial charge in [-0.3, -0.25) is 5.32 Å². The minimum Gasteiger partial charge on any atom is -0.450 e. The summed E-state index contributed by atoms with van der Waals surface area (Å²) in [5.41, 5.74) is 0. The second kappa shape index (κ2) is 6.91. The summed E-state index contributed by atoms with van der Waals surface area (Å²) in [5.74, 6) is 0.857. The Kier molecular flexibility index (Phi) is 5.21. The molecule has 0 aliphatic carbocycles. The third-order valence-corrected chi connectivity index (χ3v) is 4.04. The van der Waals surface area contributed by atoms with Gasteiger partial charge in [-0.25, -0.2) is 4.79 Å². The Morgan fingerprint density at radius 3 is 3.33 bits per heavy atom. The smallest absolute Gasteiger partial charge is 0.413 e. The van der Waals surface area contributed by atoms with Crippen molar-refractivity contribution in [2.45, 2.75) is 31.0 Å². The maximum absolute atomic E-state index is 11.2. The van der Waals surface area contributed by atoms with Gasteiger partial charge in [0.2, 0.25) is 10.3 Å². The standard InChI is InChI=1S/C10H15N3O3S2/c1-2-15-10(14)12-8-11-9(13-18-8)17-6-7-4-3-5-16-7/h7H,2-6H2,1H3,(H,11,12,13,14). The molecular formula is C10H15N3O3S2. The molecule has 0 radical (unpaired) electrons. The molecule has 0 aromatic carbocycles. The molecule has 1 fully saturated rings. The van der Waals surface area contributed by atoms with Gasteiger partial charge in [0, 0.05) is 23.9 Å². The van der Waals surface area contributed by atoms with E-state index in [0.717, 1.165) is 36.7 Å². The van der Waals surface area contributed by atoms with E-state index in [4.69, 9.17) is 9.47 Å². The van der Waals surface area contributed by atoms with Crippen molar-refractivity contribution in [3.05, 3.63) is 0 Å². The quantitative estimate of drug-likeness (QED) is 0.839. The number of amides is 1. The van der Waals surface area contributed by atoms with Gasteiger partial charge in [0.05, 0.1) is 12.7 Å². The average Bonchev–Trinajstić information content (AvgIpc) is 2.97. The van der Waals surface area contributed by atoms with Gasteiger partial charge in [0.15, 0.2) is 0 Å². The highest BCUT2D eigenvalue weighted by Crippen LogP contribution is 2.24. The van der Waals surface area contributed by atoms with E-state index in [-0.39, 0.29) is 0 Å². The highest BCUT2D eigenvalue weighted by molar-refractivity contribution is 7.99. The van der Waals surface area contributed by atoms with Crippen molar-refractivity contribution in [2.24, 2.45) is 0 Å². The third-order valence-electron chi connectivity index (χ3n) is 2.31. The Hall–Kier alpha value is -0.860. The molecule has 1 saturated heterocycles. The van der Waals surface area contributed by atoms with E-state index in [0.29, 0.717) is 23.0 Å². The van der Waals surface area contributed by atoms with Crippen LogP contribution in [0, 0.1) is 0 Å². The highest BCUT2D eigenvalue weighted by Gasteiger charge is 2.17. The lowest BCUT2D eigenvalue weighted by atomic mass is 10.3. The first kappa shape index (κ1) is 13.6. The summed E-state index contributed by atoms with van der Waals surface area (Å²) in [6, 6.07) is 0. The van der Waals surface area contributed by atoms with Crippen molar-refractivity contribution in [3.63, 3.8) is 0 Å². The number of carbonyl (C=O) groups excluding carboxylic acids is 1. The van der Waals surface area contributed by atoms with Crippen molar-refractivity contribution in [3.8, 4) is 0 Å². The minimum absolute atomic E-state index is 0.306. The predicted molar refractivity (Wildman–Crippen MR) is 70.3 cm³/mol. The normalized spacial score (nSPS) is 18.8. The van der Waals surface area contributed by atoms with Crippen LogP contribution in [-0.4, -0.2) is 40.5 Å². The lowest BCUT2D eigenvalue weighted by Crippen LogP contribution is -2.13. The van der Waals surface area contributed by atoms with E-state index in [1.54, 1.807) is 18.7 Å². The lowest BCUT2D eigenvalue weighted by Gasteiger charge is -2.05. The van der Waals surface area contributed by atoms with Crippen LogP contribution in [0.2, 0.25) is 0 Å². The van der Waals surface area contributed by atoms with Crippen molar-refractivity contribution in [1.82, 2.24) is 9.36 Å². The fourth-order valence-corrected chi connectivity index (χ4v) is 3.11. The zero-order valence-corrected chi connectivity index (χ0v) is 11.7. The molecule has 18 heavy (non-hydrogen) atoms. The second-order valence-corrected chi connectivity index (χ2v) is 5.41. The van der Waals surface area contributed by atoms with Crippen molar-refractivity contribution in [2.75, 3.05) is 24.3 Å². The Bertz CT molecular complexity index is 393. The summed E-state index contributed by atoms with van der Waals surface area (Å²) < 4.78 is 14.4. The van der Waals surface area contributed by atoms with E-state index < -0.39 is 6.09 Å². The lowest BCUT2D eigenvalue weighted by molar-refractivity contribution is 0.129. The molecule has 1 aliphatic rings. The summed E-state index contributed by atoms with van der Waals surface area (Å²) in [7, 11) is 0. The molecular weight excluding hydrogens is 274 g/mol. The molecule has 2 heterocycles. The molecule has 0 spiro atoms. The number of hydrogen-bond acceptors (Lipinski definition) is 7. The number of hydrogen-bond donors (Lipinski definition) is 1. The van der Waals surface area contributed by atoms with E-state index in [1.165, 1.54) is 0 Å². The van der Waals surface area contributed by atoms with Crippen LogP contribution in [0.4, 0.5) is 9.93 Å². The summed E-state index contributed by atoms with van der Waals surface area (Å²) in [4.78, 5) is 15.4. The largest absolute Gasteiger partial charge is 0.450 e. The monoisotopic (exact) mass is 289 g/mol. The molecule has 1 atom stereocenters. The second-order valence-electron chi connectivity index (χ2n) is 3.67. The fourth-order valence-electron chi connectivity index (χ4n) is 1.52. The van der Waals surface area contributed by atoms with Crippen LogP contribution in [0.1, 0.15) is 19.8 Å². The van der Waals surface area contributed by atoms with Gasteiger partial charge in [-0.05, 0) is 19.8 Å². The number of anilines is 1. The number of carbonyl (C=O) groups is 1. The van der Waals surface area contributed by atoms with Gasteiger partial charge in [-0.2, -0.15) is 9.36 Å². The molecule has 1 aromatic heterocycles. The molecule has 1 N–H and O–H groups in total. The van der Waals surface area contributed by atoms with Crippen molar-refractivity contribution in [1.29, 1.82) is 0 Å². The van der Waals surface area contributed by atoms with E-state index >= 15 is 0 Å². The van der Waals surface area contributed by atoms with Gasteiger partial charge in [-0.1, -0.05) is 11.8 Å². The number of thioether (sulfide) groups is 1. The molecule has 0 saturated carbocycles. The summed E-state index contributed by atoms with van der Waals surface area (Å²) in [6.45, 7) is 2.94. The van der Waals surface area contributed by atoms with E-state index in [1.807, 2.05) is 0 Å². The molecule has 0 bridgehead atoms. The van der Waals surface area contributed by atoms with Crippen molar-refractivity contribution < 1.29 is 14.3 Å². The highest BCUT2D eigenvalue weighted by atomic mass is 32.2. The topological polar surface area (TPSA) is 73.3 Å². The molecule has 100 valence electrons. The van der Waals surface area contributed by atoms with Gasteiger partial charge in [0.1, 0.15) is 0 Å². The number of nitrogens with one attached hydrogen (secondary N) is 1. The number of ether oxygens (including phenoxy) is 2. The van der Waals surface area contributed by atoms with E-state index in [2.05, 4.69) is 14.7 Å². The molecule has 1 unspecified atom stereocenters. The maximum atomic E-state index is 11.2. The Labute approximate surface area is 114 Å². The number of nitrogens with zero attached hydrogens (tertiary/aromatic N) is 2. The van der Waals surface area contributed by atoms with E-state index in [9.17, 15) is 4.79 Å². The fraction of sp³-hybridized carbons (Fsp3) is 0.700. The first-order valence-corrected chi connectivity index (χ1v) is 7.55. The van der Waals surface area contributed by atoms with Crippen LogP contribution in [0.3, 0.4) is 0 Å². The maximum Gasteiger partial charge on any atom is 0.413 e. The summed E-state index contributed by atoms with van der Waals surface area (Å²) in [5, 5.41) is 3.66. The summed E-state index contributed by atoms with van der Waals surface area (Å²) >= 11 is 2.70. The number of rotatable bonds is 5. The Balaban J connectivity index is 1.76. The van der Waals surface area contributed by atoms with Crippen LogP contribution in [0.5, 0.6) is 0 Å². The van der Waals surface area contributed by atoms with Crippen LogP contribution in [-0.2, 0) is 9.47 Å². The first-order valence-electron chi connectivity index (χ1n) is 5.80.